The van der Waals surface area contributed by atoms with Gasteiger partial charge in [-0.1, -0.05) is 11.3 Å². The van der Waals surface area contributed by atoms with Gasteiger partial charge >= 0.3 is 0 Å². The maximum Gasteiger partial charge on any atom is 0.208 e. The maximum atomic E-state index is 5.83. The van der Waals surface area contributed by atoms with E-state index in [-0.39, 0.29) is 6.04 Å². The molecule has 0 bridgehead atoms. The second-order valence-corrected chi connectivity index (χ2v) is 4.74. The van der Waals surface area contributed by atoms with E-state index in [1.165, 1.54) is 12.8 Å². The zero-order valence-corrected chi connectivity index (χ0v) is 9.20. The SMILES string of the molecule is CC(N)CC1CCCN1c1nncs1. The molecule has 2 N–H and O–H groups in total. The largest absolute Gasteiger partial charge is 0.344 e. The summed E-state index contributed by atoms with van der Waals surface area (Å²) in [5.74, 6) is 0. The summed E-state index contributed by atoms with van der Waals surface area (Å²) < 4.78 is 0. The maximum absolute atomic E-state index is 5.83. The lowest BCUT2D eigenvalue weighted by Gasteiger charge is -2.24. The van der Waals surface area contributed by atoms with Gasteiger partial charge in [0.15, 0.2) is 0 Å². The van der Waals surface area contributed by atoms with Crippen molar-refractivity contribution in [3.63, 3.8) is 0 Å². The zero-order valence-electron chi connectivity index (χ0n) is 8.39. The smallest absolute Gasteiger partial charge is 0.208 e. The van der Waals surface area contributed by atoms with Crippen molar-refractivity contribution in [3.8, 4) is 0 Å². The Labute approximate surface area is 88.1 Å². The third-order valence-corrected chi connectivity index (χ3v) is 3.34. The lowest BCUT2D eigenvalue weighted by molar-refractivity contribution is 0.544. The van der Waals surface area contributed by atoms with Crippen LogP contribution in [0.15, 0.2) is 5.51 Å². The van der Waals surface area contributed by atoms with E-state index in [1.807, 2.05) is 0 Å². The van der Waals surface area contributed by atoms with Gasteiger partial charge in [0.05, 0.1) is 0 Å². The lowest BCUT2D eigenvalue weighted by Crippen LogP contribution is -2.34. The van der Waals surface area contributed by atoms with Crippen molar-refractivity contribution in [2.75, 3.05) is 11.4 Å². The molecule has 0 spiro atoms. The molecular weight excluding hydrogens is 196 g/mol. The van der Waals surface area contributed by atoms with Gasteiger partial charge in [-0.25, -0.2) is 0 Å². The molecule has 1 aliphatic rings. The van der Waals surface area contributed by atoms with Gasteiger partial charge in [0.25, 0.3) is 0 Å². The average Bonchev–Trinajstić information content (AvgIpc) is 2.70. The van der Waals surface area contributed by atoms with Gasteiger partial charge in [-0.05, 0) is 26.2 Å². The van der Waals surface area contributed by atoms with Crippen LogP contribution in [0.4, 0.5) is 5.13 Å². The molecule has 4 nitrogen and oxygen atoms in total. The molecular formula is C9H16N4S. The van der Waals surface area contributed by atoms with E-state index in [0.717, 1.165) is 18.1 Å². The third-order valence-electron chi connectivity index (χ3n) is 2.62. The molecule has 1 aliphatic heterocycles. The Morgan fingerprint density at radius 1 is 1.79 bits per heavy atom. The zero-order chi connectivity index (χ0) is 9.97. The van der Waals surface area contributed by atoms with E-state index in [0.29, 0.717) is 6.04 Å². The molecule has 2 heterocycles. The summed E-state index contributed by atoms with van der Waals surface area (Å²) in [6, 6.07) is 0.844. The van der Waals surface area contributed by atoms with Crippen LogP contribution in [0.2, 0.25) is 0 Å². The van der Waals surface area contributed by atoms with Crippen LogP contribution < -0.4 is 10.6 Å². The number of hydrogen-bond acceptors (Lipinski definition) is 5. The van der Waals surface area contributed by atoms with Crippen molar-refractivity contribution < 1.29 is 0 Å². The molecule has 2 unspecified atom stereocenters. The Kier molecular flexibility index (Phi) is 2.98. The highest BCUT2D eigenvalue weighted by Gasteiger charge is 2.27. The second kappa shape index (κ2) is 4.23. The molecule has 0 saturated carbocycles. The van der Waals surface area contributed by atoms with Crippen molar-refractivity contribution in [1.82, 2.24) is 10.2 Å². The minimum atomic E-state index is 0.272. The predicted octanol–water partition coefficient (Wildman–Crippen LogP) is 1.24. The first kappa shape index (κ1) is 9.86. The van der Waals surface area contributed by atoms with Crippen molar-refractivity contribution >= 4 is 16.5 Å². The van der Waals surface area contributed by atoms with Crippen LogP contribution in [0.25, 0.3) is 0 Å². The average molecular weight is 212 g/mol. The Balaban J connectivity index is 2.04. The summed E-state index contributed by atoms with van der Waals surface area (Å²) in [4.78, 5) is 2.35. The quantitative estimate of drug-likeness (QED) is 0.819. The molecule has 14 heavy (non-hydrogen) atoms. The Bertz CT molecular complexity index is 272. The first-order valence-electron chi connectivity index (χ1n) is 5.06. The van der Waals surface area contributed by atoms with E-state index in [9.17, 15) is 0 Å². The second-order valence-electron chi connectivity index (χ2n) is 3.92. The molecule has 0 amide bonds. The van der Waals surface area contributed by atoms with Gasteiger partial charge in [-0.2, -0.15) is 0 Å². The number of rotatable bonds is 3. The molecule has 0 aromatic carbocycles. The molecule has 0 radical (unpaired) electrons. The predicted molar refractivity (Wildman–Crippen MR) is 58.5 cm³/mol. The highest BCUT2D eigenvalue weighted by atomic mass is 32.1. The molecule has 1 aromatic rings. The fraction of sp³-hybridized carbons (Fsp3) is 0.778. The Morgan fingerprint density at radius 2 is 2.64 bits per heavy atom. The summed E-state index contributed by atoms with van der Waals surface area (Å²) in [6.07, 6.45) is 3.54. The van der Waals surface area contributed by atoms with Gasteiger partial charge in [0.1, 0.15) is 5.51 Å². The van der Waals surface area contributed by atoms with E-state index in [2.05, 4.69) is 22.0 Å². The van der Waals surface area contributed by atoms with Gasteiger partial charge < -0.3 is 10.6 Å². The van der Waals surface area contributed by atoms with Gasteiger partial charge in [0, 0.05) is 18.6 Å². The topological polar surface area (TPSA) is 55.0 Å². The summed E-state index contributed by atoms with van der Waals surface area (Å²) in [5.41, 5.74) is 7.62. The highest BCUT2D eigenvalue weighted by Crippen LogP contribution is 2.28. The first-order chi connectivity index (χ1) is 6.77. The van der Waals surface area contributed by atoms with Crippen LogP contribution >= 0.6 is 11.3 Å². The van der Waals surface area contributed by atoms with Crippen molar-refractivity contribution in [2.45, 2.75) is 38.3 Å². The summed E-state index contributed by atoms with van der Waals surface area (Å²) in [6.45, 7) is 3.17. The van der Waals surface area contributed by atoms with Crippen molar-refractivity contribution in [2.24, 2.45) is 5.73 Å². The lowest BCUT2D eigenvalue weighted by atomic mass is 10.1. The normalized spacial score (nSPS) is 24.1. The summed E-state index contributed by atoms with van der Waals surface area (Å²) in [5, 5.41) is 9.03. The minimum Gasteiger partial charge on any atom is -0.344 e. The number of anilines is 1. The van der Waals surface area contributed by atoms with Gasteiger partial charge in [-0.3, -0.25) is 0 Å². The molecule has 78 valence electrons. The van der Waals surface area contributed by atoms with Crippen LogP contribution in [0.5, 0.6) is 0 Å². The Morgan fingerprint density at radius 3 is 3.29 bits per heavy atom. The fourth-order valence-corrected chi connectivity index (χ4v) is 2.71. The van der Waals surface area contributed by atoms with E-state index in [1.54, 1.807) is 16.8 Å². The van der Waals surface area contributed by atoms with Crippen LogP contribution in [-0.2, 0) is 0 Å². The van der Waals surface area contributed by atoms with Crippen LogP contribution in [0.1, 0.15) is 26.2 Å². The van der Waals surface area contributed by atoms with E-state index < -0.39 is 0 Å². The molecule has 0 aliphatic carbocycles. The van der Waals surface area contributed by atoms with Crippen molar-refractivity contribution in [1.29, 1.82) is 0 Å². The number of aromatic nitrogens is 2. The van der Waals surface area contributed by atoms with Crippen LogP contribution in [0.3, 0.4) is 0 Å². The summed E-state index contributed by atoms with van der Waals surface area (Å²) in [7, 11) is 0. The van der Waals surface area contributed by atoms with Gasteiger partial charge in [-0.15, -0.1) is 10.2 Å². The molecule has 1 saturated heterocycles. The first-order valence-corrected chi connectivity index (χ1v) is 5.93. The fourth-order valence-electron chi connectivity index (χ4n) is 2.05. The van der Waals surface area contributed by atoms with Crippen LogP contribution in [0, 0.1) is 0 Å². The summed E-state index contributed by atoms with van der Waals surface area (Å²) >= 11 is 1.61. The minimum absolute atomic E-state index is 0.272. The standard InChI is InChI=1S/C9H16N4S/c1-7(10)5-8-3-2-4-13(8)9-12-11-6-14-9/h6-8H,2-5,10H2,1H3. The highest BCUT2D eigenvalue weighted by molar-refractivity contribution is 7.13. The van der Waals surface area contributed by atoms with E-state index >= 15 is 0 Å². The molecule has 5 heteroatoms. The monoisotopic (exact) mass is 212 g/mol. The van der Waals surface area contributed by atoms with Crippen LogP contribution in [-0.4, -0.2) is 28.8 Å². The number of hydrogen-bond donors (Lipinski definition) is 1. The number of nitrogens with two attached hydrogens (primary N) is 1. The van der Waals surface area contributed by atoms with E-state index in [4.69, 9.17) is 5.73 Å². The Hall–Kier alpha value is -0.680. The number of nitrogens with zero attached hydrogens (tertiary/aromatic N) is 3. The molecule has 1 aromatic heterocycles. The molecule has 2 atom stereocenters. The van der Waals surface area contributed by atoms with Gasteiger partial charge in [0.2, 0.25) is 5.13 Å². The third kappa shape index (κ3) is 2.04. The molecule has 2 rings (SSSR count). The molecule has 1 fully saturated rings. The van der Waals surface area contributed by atoms with Crippen molar-refractivity contribution in [3.05, 3.63) is 5.51 Å².